The SMILES string of the molecule is C=Cc1cc(C#N)ccc1N=Cc1cc(OC)c(OC)cc1Br. The molecule has 0 aliphatic rings. The Hall–Kier alpha value is -2.58. The summed E-state index contributed by atoms with van der Waals surface area (Å²) in [4.78, 5) is 4.48. The van der Waals surface area contributed by atoms with Crippen LogP contribution in [0.5, 0.6) is 11.5 Å². The Bertz CT molecular complexity index is 807. The van der Waals surface area contributed by atoms with Crippen molar-refractivity contribution in [1.82, 2.24) is 0 Å². The van der Waals surface area contributed by atoms with E-state index in [4.69, 9.17) is 14.7 Å². The lowest BCUT2D eigenvalue weighted by atomic mass is 10.1. The predicted molar refractivity (Wildman–Crippen MR) is 95.7 cm³/mol. The molecule has 0 unspecified atom stereocenters. The van der Waals surface area contributed by atoms with Gasteiger partial charge in [-0.1, -0.05) is 12.7 Å². The van der Waals surface area contributed by atoms with Crippen LogP contribution < -0.4 is 9.47 Å². The molecule has 0 aliphatic carbocycles. The number of ether oxygens (including phenoxy) is 2. The Kier molecular flexibility index (Phi) is 5.56. The highest BCUT2D eigenvalue weighted by atomic mass is 79.9. The first-order valence-electron chi connectivity index (χ1n) is 6.75. The monoisotopic (exact) mass is 370 g/mol. The highest BCUT2D eigenvalue weighted by Gasteiger charge is 2.08. The summed E-state index contributed by atoms with van der Waals surface area (Å²) in [6.45, 7) is 3.76. The molecule has 0 bridgehead atoms. The number of aliphatic imine (C=N–C) groups is 1. The normalized spacial score (nSPS) is 10.3. The molecule has 0 atom stereocenters. The smallest absolute Gasteiger partial charge is 0.161 e. The number of nitrogens with zero attached hydrogens (tertiary/aromatic N) is 2. The first kappa shape index (κ1) is 16.8. The molecule has 116 valence electrons. The molecule has 2 aromatic carbocycles. The second-order valence-electron chi connectivity index (χ2n) is 4.58. The zero-order valence-corrected chi connectivity index (χ0v) is 14.4. The van der Waals surface area contributed by atoms with Crippen LogP contribution in [0.15, 0.2) is 46.4 Å². The summed E-state index contributed by atoms with van der Waals surface area (Å²) in [5.41, 5.74) is 2.96. The molecule has 5 heteroatoms. The zero-order valence-electron chi connectivity index (χ0n) is 12.8. The summed E-state index contributed by atoms with van der Waals surface area (Å²) in [5.74, 6) is 1.27. The summed E-state index contributed by atoms with van der Waals surface area (Å²) in [6, 6.07) is 11.0. The van der Waals surface area contributed by atoms with Crippen molar-refractivity contribution in [2.75, 3.05) is 14.2 Å². The molecule has 2 aromatic rings. The molecule has 0 aromatic heterocycles. The van der Waals surface area contributed by atoms with Crippen molar-refractivity contribution in [3.63, 3.8) is 0 Å². The Morgan fingerprint density at radius 3 is 2.43 bits per heavy atom. The lowest BCUT2D eigenvalue weighted by Gasteiger charge is -2.09. The quantitative estimate of drug-likeness (QED) is 0.714. The van der Waals surface area contributed by atoms with Gasteiger partial charge in [-0.05, 0) is 46.3 Å². The number of halogens is 1. The molecule has 0 N–H and O–H groups in total. The zero-order chi connectivity index (χ0) is 16.8. The van der Waals surface area contributed by atoms with Gasteiger partial charge in [0.25, 0.3) is 0 Å². The van der Waals surface area contributed by atoms with Crippen LogP contribution in [0.1, 0.15) is 16.7 Å². The number of methoxy groups -OCH3 is 2. The van der Waals surface area contributed by atoms with E-state index in [1.807, 2.05) is 12.1 Å². The first-order chi connectivity index (χ1) is 11.1. The predicted octanol–water partition coefficient (Wildman–Crippen LogP) is 4.73. The minimum atomic E-state index is 0.575. The van der Waals surface area contributed by atoms with Crippen molar-refractivity contribution in [3.8, 4) is 17.6 Å². The van der Waals surface area contributed by atoms with Crippen molar-refractivity contribution in [2.45, 2.75) is 0 Å². The molecule has 2 rings (SSSR count). The standard InChI is InChI=1S/C18H15BrN2O2/c1-4-13-7-12(10-20)5-6-16(13)21-11-14-8-17(22-2)18(23-3)9-15(14)19/h4-9,11H,1H2,2-3H3. The van der Waals surface area contributed by atoms with E-state index in [9.17, 15) is 0 Å². The van der Waals surface area contributed by atoms with Crippen LogP contribution in [0.3, 0.4) is 0 Å². The van der Waals surface area contributed by atoms with Gasteiger partial charge >= 0.3 is 0 Å². The molecule has 0 aliphatic heterocycles. The summed E-state index contributed by atoms with van der Waals surface area (Å²) >= 11 is 3.49. The van der Waals surface area contributed by atoms with E-state index in [0.29, 0.717) is 17.1 Å². The highest BCUT2D eigenvalue weighted by molar-refractivity contribution is 9.10. The fraction of sp³-hybridized carbons (Fsp3) is 0.111. The fourth-order valence-corrected chi connectivity index (χ4v) is 2.44. The van der Waals surface area contributed by atoms with Gasteiger partial charge in [0.15, 0.2) is 11.5 Å². The molecule has 4 nitrogen and oxygen atoms in total. The van der Waals surface area contributed by atoms with Crippen LogP contribution in [0.25, 0.3) is 6.08 Å². The van der Waals surface area contributed by atoms with Gasteiger partial charge in [0.2, 0.25) is 0 Å². The van der Waals surface area contributed by atoms with Crippen molar-refractivity contribution in [3.05, 3.63) is 58.1 Å². The van der Waals surface area contributed by atoms with Crippen LogP contribution in [-0.2, 0) is 0 Å². The molecule has 0 saturated heterocycles. The van der Waals surface area contributed by atoms with Gasteiger partial charge < -0.3 is 9.47 Å². The third-order valence-electron chi connectivity index (χ3n) is 3.22. The van der Waals surface area contributed by atoms with Gasteiger partial charge in [-0.2, -0.15) is 5.26 Å². The maximum absolute atomic E-state index is 8.95. The Balaban J connectivity index is 2.41. The van der Waals surface area contributed by atoms with Crippen LogP contribution in [0, 0.1) is 11.3 Å². The van der Waals surface area contributed by atoms with Gasteiger partial charge in [0, 0.05) is 21.8 Å². The number of benzene rings is 2. The molecule has 0 saturated carbocycles. The highest BCUT2D eigenvalue weighted by Crippen LogP contribution is 2.33. The molecule has 23 heavy (non-hydrogen) atoms. The summed E-state index contributed by atoms with van der Waals surface area (Å²) in [7, 11) is 3.17. The van der Waals surface area contributed by atoms with Crippen molar-refractivity contribution < 1.29 is 9.47 Å². The van der Waals surface area contributed by atoms with Gasteiger partial charge in [0.05, 0.1) is 31.5 Å². The van der Waals surface area contributed by atoms with E-state index >= 15 is 0 Å². The van der Waals surface area contributed by atoms with Crippen LogP contribution >= 0.6 is 15.9 Å². The van der Waals surface area contributed by atoms with Crippen molar-refractivity contribution in [2.24, 2.45) is 4.99 Å². The molecule has 0 amide bonds. The van der Waals surface area contributed by atoms with Crippen LogP contribution in [0.2, 0.25) is 0 Å². The second-order valence-corrected chi connectivity index (χ2v) is 5.43. The lowest BCUT2D eigenvalue weighted by molar-refractivity contribution is 0.354. The third-order valence-corrected chi connectivity index (χ3v) is 3.91. The second kappa shape index (κ2) is 7.61. The molecular formula is C18H15BrN2O2. The number of nitriles is 1. The number of hydrogen-bond acceptors (Lipinski definition) is 4. The van der Waals surface area contributed by atoms with Crippen molar-refractivity contribution in [1.29, 1.82) is 5.26 Å². The minimum Gasteiger partial charge on any atom is -0.493 e. The van der Waals surface area contributed by atoms with E-state index < -0.39 is 0 Å². The summed E-state index contributed by atoms with van der Waals surface area (Å²) < 4.78 is 11.4. The van der Waals surface area contributed by atoms with E-state index in [0.717, 1.165) is 21.3 Å². The van der Waals surface area contributed by atoms with Crippen LogP contribution in [0.4, 0.5) is 5.69 Å². The van der Waals surface area contributed by atoms with E-state index in [1.165, 1.54) is 0 Å². The third kappa shape index (κ3) is 3.79. The molecule has 0 heterocycles. The van der Waals surface area contributed by atoms with Gasteiger partial charge in [-0.25, -0.2) is 0 Å². The average molecular weight is 371 g/mol. The van der Waals surface area contributed by atoms with E-state index in [1.54, 1.807) is 44.7 Å². The van der Waals surface area contributed by atoms with Gasteiger partial charge in [0.1, 0.15) is 0 Å². The molecule has 0 spiro atoms. The number of hydrogen-bond donors (Lipinski definition) is 0. The maximum Gasteiger partial charge on any atom is 0.161 e. The molecule has 0 fully saturated rings. The first-order valence-corrected chi connectivity index (χ1v) is 7.54. The number of rotatable bonds is 5. The van der Waals surface area contributed by atoms with E-state index in [2.05, 4.69) is 33.6 Å². The Labute approximate surface area is 143 Å². The van der Waals surface area contributed by atoms with Gasteiger partial charge in [-0.3, -0.25) is 4.99 Å². The summed E-state index contributed by atoms with van der Waals surface area (Å²) in [6.07, 6.45) is 3.40. The largest absolute Gasteiger partial charge is 0.493 e. The minimum absolute atomic E-state index is 0.575. The van der Waals surface area contributed by atoms with E-state index in [-0.39, 0.29) is 0 Å². The maximum atomic E-state index is 8.95. The fourth-order valence-electron chi connectivity index (χ4n) is 2.01. The average Bonchev–Trinajstić information content (AvgIpc) is 2.60. The Morgan fingerprint density at radius 2 is 1.83 bits per heavy atom. The lowest BCUT2D eigenvalue weighted by Crippen LogP contribution is -1.93. The Morgan fingerprint density at radius 1 is 1.13 bits per heavy atom. The van der Waals surface area contributed by atoms with Crippen LogP contribution in [-0.4, -0.2) is 20.4 Å². The summed E-state index contributed by atoms with van der Waals surface area (Å²) in [5, 5.41) is 8.95. The topological polar surface area (TPSA) is 54.6 Å². The molecule has 0 radical (unpaired) electrons. The van der Waals surface area contributed by atoms with Gasteiger partial charge in [-0.15, -0.1) is 0 Å². The molecular weight excluding hydrogens is 356 g/mol. The van der Waals surface area contributed by atoms with Crippen molar-refractivity contribution >= 4 is 33.9 Å².